The monoisotopic (exact) mass is 285 g/mol. The number of ether oxygens (including phenoxy) is 2. The molecule has 0 amide bonds. The van der Waals surface area contributed by atoms with Gasteiger partial charge in [0.15, 0.2) is 0 Å². The Hall–Kier alpha value is -2.49. The predicted molar refractivity (Wildman–Crippen MR) is 82.7 cm³/mol. The summed E-state index contributed by atoms with van der Waals surface area (Å²) < 4.78 is 10.5. The van der Waals surface area contributed by atoms with Crippen LogP contribution in [0, 0.1) is 0 Å². The minimum Gasteiger partial charge on any atom is -0.467 e. The highest BCUT2D eigenvalue weighted by molar-refractivity contribution is 5.79. The summed E-state index contributed by atoms with van der Waals surface area (Å²) in [5.74, 6) is 1.28. The van der Waals surface area contributed by atoms with Crippen LogP contribution >= 0.6 is 0 Å². The van der Waals surface area contributed by atoms with Crippen LogP contribution in [-0.4, -0.2) is 19.1 Å². The van der Waals surface area contributed by atoms with Gasteiger partial charge in [-0.1, -0.05) is 25.1 Å². The molecule has 0 radical (unpaired) electrons. The topological polar surface area (TPSA) is 47.6 Å². The van der Waals surface area contributed by atoms with E-state index in [1.165, 1.54) is 7.11 Å². The van der Waals surface area contributed by atoms with Crippen LogP contribution in [0.3, 0.4) is 0 Å². The van der Waals surface area contributed by atoms with E-state index in [1.54, 1.807) is 0 Å². The molecule has 110 valence electrons. The van der Waals surface area contributed by atoms with Gasteiger partial charge in [-0.15, -0.1) is 0 Å². The van der Waals surface area contributed by atoms with E-state index in [-0.39, 0.29) is 12.0 Å². The number of carbonyl (C=O) groups is 1. The molecule has 0 aliphatic carbocycles. The number of esters is 1. The third kappa shape index (κ3) is 4.24. The highest BCUT2D eigenvalue weighted by Crippen LogP contribution is 2.23. The fourth-order valence-electron chi connectivity index (χ4n) is 1.91. The molecule has 1 N–H and O–H groups in total. The fraction of sp³-hybridized carbons (Fsp3) is 0.235. The molecule has 0 fully saturated rings. The zero-order chi connectivity index (χ0) is 15.1. The maximum Gasteiger partial charge on any atom is 0.328 e. The summed E-state index contributed by atoms with van der Waals surface area (Å²) in [5.41, 5.74) is 0.854. The molecule has 2 aromatic rings. The Balaban J connectivity index is 2.00. The number of rotatable bonds is 6. The van der Waals surface area contributed by atoms with Gasteiger partial charge in [-0.05, 0) is 42.8 Å². The van der Waals surface area contributed by atoms with Gasteiger partial charge in [-0.3, -0.25) is 0 Å². The zero-order valence-electron chi connectivity index (χ0n) is 12.2. The third-order valence-corrected chi connectivity index (χ3v) is 3.07. The lowest BCUT2D eigenvalue weighted by Gasteiger charge is -2.16. The van der Waals surface area contributed by atoms with Crippen LogP contribution in [-0.2, 0) is 9.53 Å². The van der Waals surface area contributed by atoms with Gasteiger partial charge in [0.2, 0.25) is 0 Å². The van der Waals surface area contributed by atoms with E-state index in [1.807, 2.05) is 61.5 Å². The number of benzene rings is 2. The van der Waals surface area contributed by atoms with Crippen LogP contribution in [0.5, 0.6) is 11.5 Å². The molecule has 1 unspecified atom stereocenters. The SMILES string of the molecule is CCC(Nc1ccc(Oc2ccccc2)cc1)C(=O)OC. The van der Waals surface area contributed by atoms with Crippen molar-refractivity contribution in [2.24, 2.45) is 0 Å². The van der Waals surface area contributed by atoms with Crippen LogP contribution in [0.2, 0.25) is 0 Å². The molecule has 2 rings (SSSR count). The summed E-state index contributed by atoms with van der Waals surface area (Å²) >= 11 is 0. The molecule has 4 heteroatoms. The number of hydrogen-bond acceptors (Lipinski definition) is 4. The Morgan fingerprint density at radius 1 is 1.05 bits per heavy atom. The number of nitrogens with one attached hydrogen (secondary N) is 1. The first-order valence-corrected chi connectivity index (χ1v) is 6.90. The Labute approximate surface area is 124 Å². The van der Waals surface area contributed by atoms with Gasteiger partial charge in [0.25, 0.3) is 0 Å². The molecule has 0 spiro atoms. The maximum absolute atomic E-state index is 11.5. The zero-order valence-corrected chi connectivity index (χ0v) is 12.2. The summed E-state index contributed by atoms with van der Waals surface area (Å²) in [4.78, 5) is 11.5. The lowest BCUT2D eigenvalue weighted by molar-refractivity contribution is -0.141. The van der Waals surface area contributed by atoms with Gasteiger partial charge in [-0.25, -0.2) is 4.79 Å². The molecule has 0 aromatic heterocycles. The van der Waals surface area contributed by atoms with Crippen molar-refractivity contribution in [2.75, 3.05) is 12.4 Å². The van der Waals surface area contributed by atoms with E-state index < -0.39 is 0 Å². The molecular weight excluding hydrogens is 266 g/mol. The van der Waals surface area contributed by atoms with Crippen LogP contribution in [0.1, 0.15) is 13.3 Å². The van der Waals surface area contributed by atoms with Crippen molar-refractivity contribution in [2.45, 2.75) is 19.4 Å². The van der Waals surface area contributed by atoms with E-state index in [9.17, 15) is 4.79 Å². The van der Waals surface area contributed by atoms with Gasteiger partial charge in [0.1, 0.15) is 17.5 Å². The van der Waals surface area contributed by atoms with Gasteiger partial charge in [-0.2, -0.15) is 0 Å². The van der Waals surface area contributed by atoms with Crippen molar-refractivity contribution in [1.29, 1.82) is 0 Å². The van der Waals surface area contributed by atoms with Crippen LogP contribution < -0.4 is 10.1 Å². The molecule has 1 atom stereocenters. The summed E-state index contributed by atoms with van der Waals surface area (Å²) in [6.07, 6.45) is 0.662. The van der Waals surface area contributed by atoms with Crippen molar-refractivity contribution in [3.63, 3.8) is 0 Å². The standard InChI is InChI=1S/C17H19NO3/c1-3-16(17(19)20-2)18-13-9-11-15(12-10-13)21-14-7-5-4-6-8-14/h4-12,16,18H,3H2,1-2H3. The first-order valence-electron chi connectivity index (χ1n) is 6.90. The molecule has 0 saturated carbocycles. The van der Waals surface area contributed by atoms with Crippen LogP contribution in [0.15, 0.2) is 54.6 Å². The highest BCUT2D eigenvalue weighted by Gasteiger charge is 2.16. The van der Waals surface area contributed by atoms with E-state index in [4.69, 9.17) is 9.47 Å². The number of para-hydroxylation sites is 1. The minimum absolute atomic E-state index is 0.262. The fourth-order valence-corrected chi connectivity index (χ4v) is 1.91. The normalized spacial score (nSPS) is 11.5. The average Bonchev–Trinajstić information content (AvgIpc) is 2.54. The molecule has 0 aliphatic rings. The smallest absolute Gasteiger partial charge is 0.328 e. The van der Waals surface area contributed by atoms with Crippen molar-refractivity contribution >= 4 is 11.7 Å². The van der Waals surface area contributed by atoms with Crippen LogP contribution in [0.25, 0.3) is 0 Å². The Morgan fingerprint density at radius 3 is 2.24 bits per heavy atom. The second-order valence-corrected chi connectivity index (χ2v) is 4.57. The summed E-state index contributed by atoms with van der Waals surface area (Å²) in [7, 11) is 1.39. The molecule has 0 aliphatic heterocycles. The second-order valence-electron chi connectivity index (χ2n) is 4.57. The van der Waals surface area contributed by atoms with E-state index >= 15 is 0 Å². The predicted octanol–water partition coefficient (Wildman–Crippen LogP) is 3.84. The Bertz CT molecular complexity index is 566. The lowest BCUT2D eigenvalue weighted by Crippen LogP contribution is -2.29. The molecule has 21 heavy (non-hydrogen) atoms. The quantitative estimate of drug-likeness (QED) is 0.819. The first-order chi connectivity index (χ1) is 10.2. The van der Waals surface area contributed by atoms with Crippen molar-refractivity contribution in [3.05, 3.63) is 54.6 Å². The first kappa shape index (κ1) is 14.9. The maximum atomic E-state index is 11.5. The second kappa shape index (κ2) is 7.33. The van der Waals surface area contributed by atoms with Crippen molar-refractivity contribution in [1.82, 2.24) is 0 Å². The lowest BCUT2D eigenvalue weighted by atomic mass is 10.2. The average molecular weight is 285 g/mol. The molecule has 0 bridgehead atoms. The molecule has 2 aromatic carbocycles. The molecular formula is C17H19NO3. The molecule has 0 heterocycles. The Kier molecular flexibility index (Phi) is 5.21. The van der Waals surface area contributed by atoms with Crippen LogP contribution in [0.4, 0.5) is 5.69 Å². The van der Waals surface area contributed by atoms with Gasteiger partial charge >= 0.3 is 5.97 Å². The van der Waals surface area contributed by atoms with Gasteiger partial charge < -0.3 is 14.8 Å². The number of anilines is 1. The van der Waals surface area contributed by atoms with E-state index in [2.05, 4.69) is 5.32 Å². The highest BCUT2D eigenvalue weighted by atomic mass is 16.5. The number of hydrogen-bond donors (Lipinski definition) is 1. The largest absolute Gasteiger partial charge is 0.467 e. The van der Waals surface area contributed by atoms with E-state index in [0.717, 1.165) is 17.2 Å². The molecule has 0 saturated heterocycles. The number of methoxy groups -OCH3 is 1. The molecule has 4 nitrogen and oxygen atoms in total. The summed E-state index contributed by atoms with van der Waals surface area (Å²) in [6.45, 7) is 1.93. The van der Waals surface area contributed by atoms with E-state index in [0.29, 0.717) is 6.42 Å². The Morgan fingerprint density at radius 2 is 1.67 bits per heavy atom. The van der Waals surface area contributed by atoms with Gasteiger partial charge in [0, 0.05) is 5.69 Å². The summed E-state index contributed by atoms with van der Waals surface area (Å²) in [5, 5.41) is 3.14. The van der Waals surface area contributed by atoms with Crippen molar-refractivity contribution < 1.29 is 14.3 Å². The van der Waals surface area contributed by atoms with Crippen molar-refractivity contribution in [3.8, 4) is 11.5 Å². The summed E-state index contributed by atoms with van der Waals surface area (Å²) in [6, 6.07) is 16.7. The van der Waals surface area contributed by atoms with Gasteiger partial charge in [0.05, 0.1) is 7.11 Å². The third-order valence-electron chi connectivity index (χ3n) is 3.07. The number of carbonyl (C=O) groups excluding carboxylic acids is 1. The minimum atomic E-state index is -0.337.